The number of rotatable bonds is 16. The third-order valence-electron chi connectivity index (χ3n) is 5.26. The third kappa shape index (κ3) is 18.1. The first-order valence-corrected chi connectivity index (χ1v) is 19.3. The summed E-state index contributed by atoms with van der Waals surface area (Å²) in [6, 6.07) is 0. The number of hydroxylamine groups is 4. The van der Waals surface area contributed by atoms with Gasteiger partial charge in [-0.05, 0) is 0 Å². The number of imide groups is 2. The molecule has 0 aromatic carbocycles. The highest BCUT2D eigenvalue weighted by atomic mass is 35.5. The highest BCUT2D eigenvalue weighted by molar-refractivity contribution is 7.94. The molecule has 0 aromatic heterocycles. The molecule has 23 heteroatoms. The minimum atomic E-state index is -3.50. The summed E-state index contributed by atoms with van der Waals surface area (Å²) in [6.45, 7) is 3.08. The molecular weight excluding hydrogens is 727 g/mol. The number of sulfone groups is 3. The molecule has 2 rings (SSSR count). The van der Waals surface area contributed by atoms with Gasteiger partial charge in [-0.15, -0.1) is 33.3 Å². The lowest BCUT2D eigenvalue weighted by molar-refractivity contribution is -0.197. The molecule has 0 unspecified atom stereocenters. The number of hydrogen-bond donors (Lipinski definition) is 1. The maximum Gasteiger partial charge on any atom is 0.334 e. The van der Waals surface area contributed by atoms with Gasteiger partial charge in [0.15, 0.2) is 29.5 Å². The molecule has 2 heterocycles. The maximum atomic E-state index is 11.3. The highest BCUT2D eigenvalue weighted by Gasteiger charge is 2.34. The molecular formula is C23H32Cl2N2O16S3. The number of carboxylic acids is 1. The SMILES string of the molecule is C=CS(=O)(=O)CCC(=O)ON1C(=O)CCC1=O.O=C(CCS(=O)(=O)CCCl)ON1C(=O)CCC1=O.O=C(O)CCS(=O)(=O)CCCl. The van der Waals surface area contributed by atoms with Crippen molar-refractivity contribution in [2.75, 3.05) is 40.5 Å². The monoisotopic (exact) mass is 758 g/mol. The van der Waals surface area contributed by atoms with Crippen LogP contribution in [-0.4, -0.2) is 123 Å². The fourth-order valence-corrected chi connectivity index (χ4v) is 6.71. The largest absolute Gasteiger partial charge is 0.481 e. The Hall–Kier alpha value is -3.14. The van der Waals surface area contributed by atoms with Crippen LogP contribution < -0.4 is 0 Å². The Balaban J connectivity index is 0.000000682. The Morgan fingerprint density at radius 2 is 0.978 bits per heavy atom. The van der Waals surface area contributed by atoms with E-state index in [2.05, 4.69) is 16.3 Å². The van der Waals surface area contributed by atoms with Crippen LogP contribution in [0.4, 0.5) is 0 Å². The number of hydrogen-bond acceptors (Lipinski definition) is 15. The normalized spacial score (nSPS) is 15.0. The van der Waals surface area contributed by atoms with E-state index in [1.807, 2.05) is 0 Å². The Kier molecular flexibility index (Phi) is 18.8. The number of carboxylic acid groups (broad SMARTS) is 1. The van der Waals surface area contributed by atoms with Crippen molar-refractivity contribution in [3.05, 3.63) is 12.0 Å². The molecule has 0 bridgehead atoms. The summed E-state index contributed by atoms with van der Waals surface area (Å²) in [6.07, 6.45) is -1.22. The summed E-state index contributed by atoms with van der Waals surface area (Å²) >= 11 is 10.5. The van der Waals surface area contributed by atoms with Gasteiger partial charge in [-0.3, -0.25) is 24.0 Å². The summed E-state index contributed by atoms with van der Waals surface area (Å²) in [7, 11) is -10.1. The highest BCUT2D eigenvalue weighted by Crippen LogP contribution is 2.14. The molecule has 2 aliphatic heterocycles. The Morgan fingerprint density at radius 3 is 1.28 bits per heavy atom. The lowest BCUT2D eigenvalue weighted by atomic mass is 10.4. The van der Waals surface area contributed by atoms with Crippen molar-refractivity contribution in [2.24, 2.45) is 0 Å². The predicted molar refractivity (Wildman–Crippen MR) is 159 cm³/mol. The molecule has 0 aromatic rings. The van der Waals surface area contributed by atoms with Crippen LogP contribution in [0.5, 0.6) is 0 Å². The van der Waals surface area contributed by atoms with Crippen molar-refractivity contribution in [2.45, 2.75) is 44.9 Å². The fourth-order valence-electron chi connectivity index (χ4n) is 2.84. The zero-order chi connectivity index (χ0) is 35.7. The van der Waals surface area contributed by atoms with E-state index in [1.54, 1.807) is 0 Å². The topological polar surface area (TPSA) is 267 Å². The van der Waals surface area contributed by atoms with Crippen LogP contribution in [0.25, 0.3) is 0 Å². The molecule has 18 nitrogen and oxygen atoms in total. The van der Waals surface area contributed by atoms with Gasteiger partial charge in [0.05, 0.1) is 48.0 Å². The molecule has 262 valence electrons. The average molecular weight is 760 g/mol. The van der Waals surface area contributed by atoms with Gasteiger partial charge in [0.1, 0.15) is 0 Å². The standard InChI is InChI=1S/C9H12ClNO6S.C9H11NO6S.C5H9ClO4S/c10-4-6-18(15,16)5-3-9(14)17-11-7(12)1-2-8(11)13;1-2-17(14,15)6-5-9(13)16-10-7(11)3-4-8(10)12;6-2-4-11(9,10)3-1-5(7)8/h1-6H2;2H,1,3-6H2;1-4H2,(H,7,8). The van der Waals surface area contributed by atoms with Gasteiger partial charge in [-0.25, -0.2) is 34.8 Å². The number of carbonyl (C=O) groups is 7. The number of amides is 4. The first-order chi connectivity index (χ1) is 21.2. The zero-order valence-electron chi connectivity index (χ0n) is 24.1. The molecule has 0 atom stereocenters. The average Bonchev–Trinajstić information content (AvgIpc) is 3.45. The summed E-state index contributed by atoms with van der Waals surface area (Å²) in [5.41, 5.74) is 0. The fraction of sp³-hybridized carbons (Fsp3) is 0.609. The van der Waals surface area contributed by atoms with Crippen LogP contribution in [0, 0.1) is 0 Å². The van der Waals surface area contributed by atoms with Gasteiger partial charge < -0.3 is 14.8 Å². The van der Waals surface area contributed by atoms with Crippen molar-refractivity contribution >= 4 is 94.3 Å². The minimum Gasteiger partial charge on any atom is -0.481 e. The molecule has 4 amide bonds. The molecule has 0 saturated carbocycles. The summed E-state index contributed by atoms with van der Waals surface area (Å²) in [4.78, 5) is 85.8. The van der Waals surface area contributed by atoms with Crippen molar-refractivity contribution in [1.29, 1.82) is 0 Å². The van der Waals surface area contributed by atoms with E-state index in [0.717, 1.165) is 5.41 Å². The lowest BCUT2D eigenvalue weighted by Gasteiger charge is -2.12. The van der Waals surface area contributed by atoms with Gasteiger partial charge >= 0.3 is 17.9 Å². The summed E-state index contributed by atoms with van der Waals surface area (Å²) in [5.74, 6) is -7.03. The second-order valence-corrected chi connectivity index (χ2v) is 16.4. The number of nitrogens with zero attached hydrogens (tertiary/aromatic N) is 2. The van der Waals surface area contributed by atoms with E-state index in [9.17, 15) is 58.8 Å². The van der Waals surface area contributed by atoms with Gasteiger partial charge in [-0.1, -0.05) is 6.58 Å². The molecule has 46 heavy (non-hydrogen) atoms. The Labute approximate surface area is 274 Å². The summed E-state index contributed by atoms with van der Waals surface area (Å²) in [5, 5.41) is 9.64. The second-order valence-electron chi connectivity index (χ2n) is 8.95. The molecule has 2 saturated heterocycles. The van der Waals surface area contributed by atoms with Crippen LogP contribution in [0.15, 0.2) is 12.0 Å². The molecule has 2 aliphatic rings. The van der Waals surface area contributed by atoms with E-state index >= 15 is 0 Å². The first kappa shape index (κ1) is 42.9. The molecule has 0 radical (unpaired) electrons. The Morgan fingerprint density at radius 1 is 0.652 bits per heavy atom. The van der Waals surface area contributed by atoms with E-state index < -0.39 is 95.4 Å². The van der Waals surface area contributed by atoms with E-state index in [-0.39, 0.29) is 61.1 Å². The molecule has 0 spiro atoms. The zero-order valence-corrected chi connectivity index (χ0v) is 28.1. The van der Waals surface area contributed by atoms with Crippen molar-refractivity contribution < 1.29 is 73.6 Å². The second kappa shape index (κ2) is 20.2. The number of carbonyl (C=O) groups excluding carboxylic acids is 6. The quantitative estimate of drug-likeness (QED) is 0.150. The van der Waals surface area contributed by atoms with Gasteiger partial charge in [0, 0.05) is 42.9 Å². The van der Waals surface area contributed by atoms with Crippen LogP contribution in [-0.2, 0) is 72.7 Å². The number of halogens is 2. The van der Waals surface area contributed by atoms with Gasteiger partial charge in [0.25, 0.3) is 23.6 Å². The van der Waals surface area contributed by atoms with Gasteiger partial charge in [-0.2, -0.15) is 0 Å². The number of alkyl halides is 2. The van der Waals surface area contributed by atoms with E-state index in [0.29, 0.717) is 10.1 Å². The first-order valence-electron chi connectivity index (χ1n) is 12.9. The van der Waals surface area contributed by atoms with Crippen molar-refractivity contribution in [1.82, 2.24) is 10.1 Å². The summed E-state index contributed by atoms with van der Waals surface area (Å²) < 4.78 is 66.1. The minimum absolute atomic E-state index is 0.00291. The lowest BCUT2D eigenvalue weighted by Crippen LogP contribution is -2.32. The number of aliphatic carboxylic acids is 1. The van der Waals surface area contributed by atoms with Crippen LogP contribution in [0.1, 0.15) is 44.9 Å². The Bertz CT molecular complexity index is 1460. The molecule has 2 fully saturated rings. The molecule has 0 aliphatic carbocycles. The van der Waals surface area contributed by atoms with Crippen LogP contribution >= 0.6 is 23.2 Å². The van der Waals surface area contributed by atoms with Crippen LogP contribution in [0.2, 0.25) is 0 Å². The van der Waals surface area contributed by atoms with E-state index in [4.69, 9.17) is 28.3 Å². The predicted octanol–water partition coefficient (Wildman–Crippen LogP) is -0.706. The third-order valence-corrected chi connectivity index (χ3v) is 10.7. The van der Waals surface area contributed by atoms with Crippen molar-refractivity contribution in [3.63, 3.8) is 0 Å². The van der Waals surface area contributed by atoms with Crippen LogP contribution in [0.3, 0.4) is 0 Å². The smallest absolute Gasteiger partial charge is 0.334 e. The molecule has 1 N–H and O–H groups in total. The van der Waals surface area contributed by atoms with E-state index in [1.165, 1.54) is 0 Å². The van der Waals surface area contributed by atoms with Gasteiger partial charge in [0.2, 0.25) is 0 Å². The van der Waals surface area contributed by atoms with Crippen molar-refractivity contribution in [3.8, 4) is 0 Å². The maximum absolute atomic E-state index is 11.3.